The molecular weight excluding hydrogens is 365 g/mol. The Hall–Kier alpha value is -2.27. The number of hydrogen-bond acceptors (Lipinski definition) is 2. The maximum absolute atomic E-state index is 14.8. The third-order valence-corrected chi connectivity index (χ3v) is 4.97. The molecular formula is C23H25F3O2. The quantitative estimate of drug-likeness (QED) is 0.532. The van der Waals surface area contributed by atoms with Gasteiger partial charge in [0, 0.05) is 23.1 Å². The highest BCUT2D eigenvalue weighted by Gasteiger charge is 2.26. The minimum Gasteiger partial charge on any atom is -0.494 e. The van der Waals surface area contributed by atoms with Crippen LogP contribution < -0.4 is 4.74 Å². The summed E-state index contributed by atoms with van der Waals surface area (Å²) < 4.78 is 55.1. The molecule has 0 spiro atoms. The third-order valence-electron chi connectivity index (χ3n) is 4.97. The van der Waals surface area contributed by atoms with Crippen LogP contribution in [-0.2, 0) is 4.74 Å². The fourth-order valence-corrected chi connectivity index (χ4v) is 3.50. The highest BCUT2D eigenvalue weighted by atomic mass is 19.2. The zero-order valence-corrected chi connectivity index (χ0v) is 16.2. The van der Waals surface area contributed by atoms with Crippen molar-refractivity contribution in [1.82, 2.24) is 0 Å². The van der Waals surface area contributed by atoms with Crippen LogP contribution in [0.5, 0.6) is 5.75 Å². The highest BCUT2D eigenvalue weighted by molar-refractivity contribution is 5.66. The average Bonchev–Trinajstić information content (AvgIpc) is 2.70. The second-order valence-electron chi connectivity index (χ2n) is 6.99. The van der Waals surface area contributed by atoms with E-state index in [1.54, 1.807) is 12.1 Å². The molecule has 1 aliphatic rings. The summed E-state index contributed by atoms with van der Waals surface area (Å²) in [6.45, 7) is 4.67. The fraction of sp³-hybridized carbons (Fsp3) is 0.391. The molecule has 2 nitrogen and oxygen atoms in total. The molecule has 3 rings (SSSR count). The summed E-state index contributed by atoms with van der Waals surface area (Å²) >= 11 is 0. The molecule has 0 N–H and O–H groups in total. The molecule has 0 radical (unpaired) electrons. The normalized spacial score (nSPS) is 19.9. The summed E-state index contributed by atoms with van der Waals surface area (Å²) in [7, 11) is 0. The average molecular weight is 390 g/mol. The van der Waals surface area contributed by atoms with E-state index in [4.69, 9.17) is 9.47 Å². The minimum absolute atomic E-state index is 0.0137. The topological polar surface area (TPSA) is 18.5 Å². The molecule has 28 heavy (non-hydrogen) atoms. The van der Waals surface area contributed by atoms with E-state index in [0.717, 1.165) is 12.8 Å². The fourth-order valence-electron chi connectivity index (χ4n) is 3.50. The van der Waals surface area contributed by atoms with Crippen LogP contribution in [0.2, 0.25) is 0 Å². The highest BCUT2D eigenvalue weighted by Crippen LogP contribution is 2.35. The van der Waals surface area contributed by atoms with Crippen LogP contribution in [-0.4, -0.2) is 19.3 Å². The van der Waals surface area contributed by atoms with Crippen LogP contribution in [0.25, 0.3) is 11.1 Å². The van der Waals surface area contributed by atoms with E-state index in [1.807, 2.05) is 26.0 Å². The number of rotatable bonds is 6. The molecule has 1 heterocycles. The molecule has 1 aliphatic heterocycles. The molecule has 0 amide bonds. The first-order valence-corrected chi connectivity index (χ1v) is 9.70. The van der Waals surface area contributed by atoms with Crippen LogP contribution in [0.3, 0.4) is 0 Å². The Kier molecular flexibility index (Phi) is 6.79. The summed E-state index contributed by atoms with van der Waals surface area (Å²) in [6, 6.07) is 7.17. The molecule has 0 aliphatic carbocycles. The minimum atomic E-state index is -1.03. The largest absolute Gasteiger partial charge is 0.494 e. The number of benzene rings is 2. The summed E-state index contributed by atoms with van der Waals surface area (Å²) in [5, 5.41) is 0. The number of hydrogen-bond donors (Lipinski definition) is 0. The molecule has 2 aromatic carbocycles. The molecule has 1 saturated heterocycles. The van der Waals surface area contributed by atoms with E-state index < -0.39 is 17.5 Å². The first kappa shape index (κ1) is 20.5. The van der Waals surface area contributed by atoms with Gasteiger partial charge in [-0.1, -0.05) is 31.2 Å². The number of allylic oxidation sites excluding steroid dienone is 1. The van der Waals surface area contributed by atoms with Gasteiger partial charge in [0.2, 0.25) is 0 Å². The SMILES string of the molecule is C/C=C/C1CCC(c2ccc(-c3ccc(OCCC)cc3F)c(F)c2F)CO1. The first-order valence-electron chi connectivity index (χ1n) is 9.70. The predicted molar refractivity (Wildman–Crippen MR) is 104 cm³/mol. The van der Waals surface area contributed by atoms with Gasteiger partial charge in [-0.15, -0.1) is 0 Å². The monoisotopic (exact) mass is 390 g/mol. The second kappa shape index (κ2) is 9.28. The van der Waals surface area contributed by atoms with Gasteiger partial charge in [0.05, 0.1) is 19.3 Å². The van der Waals surface area contributed by atoms with Crippen LogP contribution in [0.1, 0.15) is 44.6 Å². The number of halogens is 3. The van der Waals surface area contributed by atoms with Gasteiger partial charge in [0.1, 0.15) is 11.6 Å². The van der Waals surface area contributed by atoms with Crippen molar-refractivity contribution >= 4 is 0 Å². The Bertz CT molecular complexity index is 840. The molecule has 2 atom stereocenters. The Morgan fingerprint density at radius 3 is 2.50 bits per heavy atom. The number of ether oxygens (including phenoxy) is 2. The first-order chi connectivity index (χ1) is 13.5. The molecule has 150 valence electrons. The van der Waals surface area contributed by atoms with Gasteiger partial charge >= 0.3 is 0 Å². The van der Waals surface area contributed by atoms with E-state index in [0.29, 0.717) is 25.4 Å². The molecule has 2 aromatic rings. The van der Waals surface area contributed by atoms with Gasteiger partial charge in [-0.2, -0.15) is 0 Å². The van der Waals surface area contributed by atoms with Gasteiger partial charge in [-0.05, 0) is 43.9 Å². The van der Waals surface area contributed by atoms with Crippen LogP contribution in [0, 0.1) is 17.5 Å². The Labute approximate surface area is 164 Å². The van der Waals surface area contributed by atoms with Crippen molar-refractivity contribution < 1.29 is 22.6 Å². The standard InChI is InChI=1S/C23H25F3O2/c1-3-5-16-7-6-15(14-28-16)18-10-11-20(23(26)22(18)25)19-9-8-17(13-21(19)24)27-12-4-2/h3,5,8-11,13,15-16H,4,6-7,12,14H2,1-2H3/b5-3+. The lowest BCUT2D eigenvalue weighted by atomic mass is 9.89. The molecule has 5 heteroatoms. The van der Waals surface area contributed by atoms with Crippen molar-refractivity contribution in [1.29, 1.82) is 0 Å². The van der Waals surface area contributed by atoms with Gasteiger partial charge in [0.25, 0.3) is 0 Å². The molecule has 1 fully saturated rings. The lowest BCUT2D eigenvalue weighted by molar-refractivity contribution is 0.0317. The maximum atomic E-state index is 14.8. The van der Waals surface area contributed by atoms with Crippen molar-refractivity contribution in [3.8, 4) is 16.9 Å². The van der Waals surface area contributed by atoms with E-state index in [2.05, 4.69) is 0 Å². The summed E-state index contributed by atoms with van der Waals surface area (Å²) in [4.78, 5) is 0. The zero-order chi connectivity index (χ0) is 20.1. The lowest BCUT2D eigenvalue weighted by Gasteiger charge is -2.28. The van der Waals surface area contributed by atoms with Gasteiger partial charge < -0.3 is 9.47 Å². The predicted octanol–water partition coefficient (Wildman–Crippen LogP) is 6.40. The van der Waals surface area contributed by atoms with Gasteiger partial charge in [0.15, 0.2) is 11.6 Å². The van der Waals surface area contributed by atoms with Crippen LogP contribution in [0.4, 0.5) is 13.2 Å². The van der Waals surface area contributed by atoms with E-state index >= 15 is 0 Å². The van der Waals surface area contributed by atoms with Crippen molar-refractivity contribution in [3.63, 3.8) is 0 Å². The van der Waals surface area contributed by atoms with Crippen molar-refractivity contribution in [2.75, 3.05) is 13.2 Å². The van der Waals surface area contributed by atoms with Crippen molar-refractivity contribution in [2.24, 2.45) is 0 Å². The molecule has 2 unspecified atom stereocenters. The van der Waals surface area contributed by atoms with Crippen LogP contribution in [0.15, 0.2) is 42.5 Å². The lowest BCUT2D eigenvalue weighted by Crippen LogP contribution is -2.24. The molecule has 0 aromatic heterocycles. The van der Waals surface area contributed by atoms with Crippen LogP contribution >= 0.6 is 0 Å². The smallest absolute Gasteiger partial charge is 0.167 e. The Morgan fingerprint density at radius 2 is 1.86 bits per heavy atom. The second-order valence-corrected chi connectivity index (χ2v) is 6.99. The summed E-state index contributed by atoms with van der Waals surface area (Å²) in [5.41, 5.74) is 0.202. The van der Waals surface area contributed by atoms with E-state index in [9.17, 15) is 13.2 Å². The Morgan fingerprint density at radius 1 is 1.07 bits per heavy atom. The van der Waals surface area contributed by atoms with Gasteiger partial charge in [-0.25, -0.2) is 13.2 Å². The van der Waals surface area contributed by atoms with Crippen molar-refractivity contribution in [2.45, 2.75) is 45.1 Å². The van der Waals surface area contributed by atoms with Gasteiger partial charge in [-0.3, -0.25) is 0 Å². The molecule has 0 bridgehead atoms. The Balaban J connectivity index is 1.83. The van der Waals surface area contributed by atoms with Crippen molar-refractivity contribution in [3.05, 3.63) is 65.5 Å². The van der Waals surface area contributed by atoms with E-state index in [1.165, 1.54) is 18.2 Å². The zero-order valence-electron chi connectivity index (χ0n) is 16.2. The summed E-state index contributed by atoms with van der Waals surface area (Å²) in [6.07, 6.45) is 6.18. The third kappa shape index (κ3) is 4.41. The molecule has 0 saturated carbocycles. The van der Waals surface area contributed by atoms with E-state index in [-0.39, 0.29) is 28.7 Å². The summed E-state index contributed by atoms with van der Waals surface area (Å²) in [5.74, 6) is -2.44. The maximum Gasteiger partial charge on any atom is 0.167 e.